The Morgan fingerprint density at radius 3 is 2.83 bits per heavy atom. The molecular formula is C13H11ClN2O2. The number of benzene rings is 1. The lowest BCUT2D eigenvalue weighted by atomic mass is 10.2. The molecule has 0 aliphatic heterocycles. The normalized spacial score (nSPS) is 10.1. The molecule has 2 aromatic rings. The van der Waals surface area contributed by atoms with Gasteiger partial charge in [-0.1, -0.05) is 17.7 Å². The number of carbonyl (C=O) groups excluding carboxylic acids is 1. The minimum Gasteiger partial charge on any atom is -0.508 e. The Bertz CT molecular complexity index is 587. The van der Waals surface area contributed by atoms with E-state index in [1.807, 2.05) is 0 Å². The third-order valence-corrected chi connectivity index (χ3v) is 2.83. The lowest BCUT2D eigenvalue weighted by Crippen LogP contribution is -2.26. The fourth-order valence-corrected chi connectivity index (χ4v) is 1.75. The lowest BCUT2D eigenvalue weighted by Gasteiger charge is -2.18. The molecule has 0 bridgehead atoms. The van der Waals surface area contributed by atoms with Gasteiger partial charge in [0, 0.05) is 31.2 Å². The summed E-state index contributed by atoms with van der Waals surface area (Å²) in [5.74, 6) is -0.152. The topological polar surface area (TPSA) is 53.4 Å². The Morgan fingerprint density at radius 2 is 2.17 bits per heavy atom. The van der Waals surface area contributed by atoms with E-state index in [1.165, 1.54) is 23.4 Å². The molecule has 1 aromatic carbocycles. The predicted octanol–water partition coefficient (Wildman–Crippen LogP) is 2.72. The van der Waals surface area contributed by atoms with Gasteiger partial charge in [-0.2, -0.15) is 0 Å². The molecule has 0 saturated heterocycles. The Labute approximate surface area is 109 Å². The summed E-state index contributed by atoms with van der Waals surface area (Å²) >= 11 is 5.92. The van der Waals surface area contributed by atoms with Gasteiger partial charge in [0.05, 0.1) is 10.6 Å². The first-order valence-corrected chi connectivity index (χ1v) is 5.64. The number of halogens is 1. The van der Waals surface area contributed by atoms with Crippen LogP contribution in [0.4, 0.5) is 5.69 Å². The Kier molecular flexibility index (Phi) is 3.48. The number of aromatic hydroxyl groups is 1. The van der Waals surface area contributed by atoms with Gasteiger partial charge in [0.15, 0.2) is 0 Å². The number of rotatable bonds is 2. The molecule has 0 aliphatic carbocycles. The van der Waals surface area contributed by atoms with Crippen LogP contribution in [0.5, 0.6) is 5.75 Å². The maximum Gasteiger partial charge on any atom is 0.259 e. The van der Waals surface area contributed by atoms with E-state index >= 15 is 0 Å². The molecule has 1 aromatic heterocycles. The van der Waals surface area contributed by atoms with Crippen LogP contribution in [0.3, 0.4) is 0 Å². The Balaban J connectivity index is 2.32. The van der Waals surface area contributed by atoms with Crippen molar-refractivity contribution in [1.82, 2.24) is 4.98 Å². The van der Waals surface area contributed by atoms with Crippen molar-refractivity contribution in [2.75, 3.05) is 11.9 Å². The summed E-state index contributed by atoms with van der Waals surface area (Å²) < 4.78 is 0. The van der Waals surface area contributed by atoms with E-state index in [0.29, 0.717) is 16.3 Å². The van der Waals surface area contributed by atoms with Crippen molar-refractivity contribution in [3.8, 4) is 5.75 Å². The summed E-state index contributed by atoms with van der Waals surface area (Å²) in [6.07, 6.45) is 2.93. The van der Waals surface area contributed by atoms with Gasteiger partial charge in [-0.3, -0.25) is 9.78 Å². The molecule has 1 amide bonds. The zero-order valence-electron chi connectivity index (χ0n) is 9.67. The monoisotopic (exact) mass is 262 g/mol. The van der Waals surface area contributed by atoms with Crippen LogP contribution in [0.15, 0.2) is 42.7 Å². The number of anilines is 1. The van der Waals surface area contributed by atoms with Crippen LogP contribution in [0.25, 0.3) is 0 Å². The van der Waals surface area contributed by atoms with Crippen molar-refractivity contribution >= 4 is 23.2 Å². The smallest absolute Gasteiger partial charge is 0.259 e. The molecule has 0 unspecified atom stereocenters. The van der Waals surface area contributed by atoms with E-state index in [0.717, 1.165) is 0 Å². The van der Waals surface area contributed by atoms with E-state index in [-0.39, 0.29) is 11.7 Å². The van der Waals surface area contributed by atoms with Gasteiger partial charge in [0.1, 0.15) is 5.75 Å². The van der Waals surface area contributed by atoms with Crippen molar-refractivity contribution in [3.05, 3.63) is 53.3 Å². The van der Waals surface area contributed by atoms with E-state index < -0.39 is 0 Å². The summed E-state index contributed by atoms with van der Waals surface area (Å²) in [6.45, 7) is 0. The van der Waals surface area contributed by atoms with Crippen LogP contribution in [0.1, 0.15) is 10.4 Å². The molecule has 92 valence electrons. The number of carbonyl (C=O) groups is 1. The number of phenolic OH excluding ortho intramolecular Hbond substituents is 1. The summed E-state index contributed by atoms with van der Waals surface area (Å²) in [5.41, 5.74) is 0.963. The minimum absolute atomic E-state index is 0.105. The Morgan fingerprint density at radius 1 is 1.39 bits per heavy atom. The lowest BCUT2D eigenvalue weighted by molar-refractivity contribution is 0.0993. The van der Waals surface area contributed by atoms with Crippen molar-refractivity contribution < 1.29 is 9.90 Å². The zero-order valence-corrected chi connectivity index (χ0v) is 10.4. The van der Waals surface area contributed by atoms with Gasteiger partial charge < -0.3 is 10.0 Å². The quantitative estimate of drug-likeness (QED) is 0.905. The fourth-order valence-electron chi connectivity index (χ4n) is 1.55. The standard InChI is InChI=1S/C13H11ClN2O2/c1-16(9-3-2-4-10(17)7-9)13(18)11-5-6-15-8-12(11)14/h2-8,17H,1H3. The predicted molar refractivity (Wildman–Crippen MR) is 70.1 cm³/mol. The van der Waals surface area contributed by atoms with E-state index in [9.17, 15) is 9.90 Å². The largest absolute Gasteiger partial charge is 0.508 e. The number of amides is 1. The van der Waals surface area contributed by atoms with Gasteiger partial charge in [-0.05, 0) is 18.2 Å². The third kappa shape index (κ3) is 2.43. The third-order valence-electron chi connectivity index (χ3n) is 2.52. The molecular weight excluding hydrogens is 252 g/mol. The van der Waals surface area contributed by atoms with Crippen molar-refractivity contribution in [2.45, 2.75) is 0 Å². The molecule has 2 rings (SSSR count). The minimum atomic E-state index is -0.256. The van der Waals surface area contributed by atoms with Gasteiger partial charge in [-0.15, -0.1) is 0 Å². The first-order valence-electron chi connectivity index (χ1n) is 5.26. The maximum absolute atomic E-state index is 12.2. The van der Waals surface area contributed by atoms with Gasteiger partial charge >= 0.3 is 0 Å². The van der Waals surface area contributed by atoms with Crippen LogP contribution in [0, 0.1) is 0 Å². The molecule has 1 N–H and O–H groups in total. The molecule has 1 heterocycles. The number of pyridine rings is 1. The second-order valence-electron chi connectivity index (χ2n) is 3.74. The first kappa shape index (κ1) is 12.4. The van der Waals surface area contributed by atoms with Crippen LogP contribution in [0.2, 0.25) is 5.02 Å². The van der Waals surface area contributed by atoms with E-state index in [4.69, 9.17) is 11.6 Å². The second-order valence-corrected chi connectivity index (χ2v) is 4.15. The van der Waals surface area contributed by atoms with Crippen molar-refractivity contribution in [1.29, 1.82) is 0 Å². The van der Waals surface area contributed by atoms with Crippen molar-refractivity contribution in [2.24, 2.45) is 0 Å². The average molecular weight is 263 g/mol. The van der Waals surface area contributed by atoms with Crippen LogP contribution < -0.4 is 4.90 Å². The van der Waals surface area contributed by atoms with Crippen LogP contribution in [-0.2, 0) is 0 Å². The molecule has 5 heteroatoms. The number of nitrogens with zero attached hydrogens (tertiary/aromatic N) is 2. The molecule has 0 saturated carbocycles. The van der Waals surface area contributed by atoms with Gasteiger partial charge in [-0.25, -0.2) is 0 Å². The summed E-state index contributed by atoms with van der Waals surface area (Å²) in [6, 6.07) is 8.01. The summed E-state index contributed by atoms with van der Waals surface area (Å²) in [7, 11) is 1.62. The van der Waals surface area contributed by atoms with E-state index in [1.54, 1.807) is 31.3 Å². The van der Waals surface area contributed by atoms with E-state index in [2.05, 4.69) is 4.98 Å². The maximum atomic E-state index is 12.2. The SMILES string of the molecule is CN(C(=O)c1ccncc1Cl)c1cccc(O)c1. The second kappa shape index (κ2) is 5.06. The van der Waals surface area contributed by atoms with Gasteiger partial charge in [0.2, 0.25) is 0 Å². The molecule has 0 atom stereocenters. The van der Waals surface area contributed by atoms with Crippen LogP contribution in [-0.4, -0.2) is 23.0 Å². The van der Waals surface area contributed by atoms with Crippen molar-refractivity contribution in [3.63, 3.8) is 0 Å². The molecule has 4 nitrogen and oxygen atoms in total. The number of hydrogen-bond acceptors (Lipinski definition) is 3. The molecule has 0 fully saturated rings. The molecule has 18 heavy (non-hydrogen) atoms. The fraction of sp³-hybridized carbons (Fsp3) is 0.0769. The Hall–Kier alpha value is -2.07. The highest BCUT2D eigenvalue weighted by molar-refractivity contribution is 6.34. The number of aromatic nitrogens is 1. The first-order chi connectivity index (χ1) is 8.59. The molecule has 0 aliphatic rings. The number of hydrogen-bond donors (Lipinski definition) is 1. The van der Waals surface area contributed by atoms with Gasteiger partial charge in [0.25, 0.3) is 5.91 Å². The summed E-state index contributed by atoms with van der Waals surface area (Å²) in [5, 5.41) is 9.70. The molecule has 0 spiro atoms. The number of phenols is 1. The average Bonchev–Trinajstić information content (AvgIpc) is 2.37. The van der Waals surface area contributed by atoms with Crippen LogP contribution >= 0.6 is 11.6 Å². The zero-order chi connectivity index (χ0) is 13.1. The highest BCUT2D eigenvalue weighted by Gasteiger charge is 2.16. The highest BCUT2D eigenvalue weighted by Crippen LogP contribution is 2.22. The summed E-state index contributed by atoms with van der Waals surface area (Å²) in [4.78, 5) is 17.5. The molecule has 0 radical (unpaired) electrons. The highest BCUT2D eigenvalue weighted by atomic mass is 35.5.